The number of nitrogens with one attached hydrogen (secondary N) is 1. The molecule has 0 spiro atoms. The van der Waals surface area contributed by atoms with Crippen molar-refractivity contribution in [2.45, 2.75) is 32.7 Å². The van der Waals surface area contributed by atoms with Crippen LogP contribution in [0.25, 0.3) is 0 Å². The fraction of sp³-hybridized carbons (Fsp3) is 0.571. The molecule has 18 heavy (non-hydrogen) atoms. The number of halogens is 2. The molecular weight excluding hydrogens is 236 g/mol. The molecule has 1 unspecified atom stereocenters. The molecule has 0 bridgehead atoms. The predicted molar refractivity (Wildman–Crippen MR) is 69.0 cm³/mol. The summed E-state index contributed by atoms with van der Waals surface area (Å²) in [6.07, 6.45) is -1.43. The molecule has 0 saturated carbocycles. The highest BCUT2D eigenvalue weighted by molar-refractivity contribution is 5.23. The summed E-state index contributed by atoms with van der Waals surface area (Å²) in [6, 6.07) is 8.59. The lowest BCUT2D eigenvalue weighted by Gasteiger charge is -2.17. The van der Waals surface area contributed by atoms with E-state index in [-0.39, 0.29) is 6.04 Å². The van der Waals surface area contributed by atoms with Crippen LogP contribution in [-0.4, -0.2) is 26.2 Å². The number of benzene rings is 1. The van der Waals surface area contributed by atoms with Crippen molar-refractivity contribution in [2.75, 3.05) is 19.8 Å². The van der Waals surface area contributed by atoms with Gasteiger partial charge in [-0.3, -0.25) is 0 Å². The van der Waals surface area contributed by atoms with Crippen LogP contribution >= 0.6 is 0 Å². The molecule has 0 saturated heterocycles. The van der Waals surface area contributed by atoms with E-state index in [4.69, 9.17) is 4.74 Å². The summed E-state index contributed by atoms with van der Waals surface area (Å²) in [4.78, 5) is 0. The second-order valence-electron chi connectivity index (χ2n) is 4.29. The summed E-state index contributed by atoms with van der Waals surface area (Å²) in [5.74, 6) is 0. The topological polar surface area (TPSA) is 21.3 Å². The summed E-state index contributed by atoms with van der Waals surface area (Å²) in [7, 11) is 0. The van der Waals surface area contributed by atoms with Gasteiger partial charge in [-0.2, -0.15) is 0 Å². The van der Waals surface area contributed by atoms with Crippen LogP contribution in [-0.2, 0) is 4.74 Å². The van der Waals surface area contributed by atoms with Crippen molar-refractivity contribution < 1.29 is 13.5 Å². The van der Waals surface area contributed by atoms with Crippen LogP contribution < -0.4 is 5.32 Å². The van der Waals surface area contributed by atoms with Crippen LogP contribution in [0.3, 0.4) is 0 Å². The summed E-state index contributed by atoms with van der Waals surface area (Å²) in [5.41, 5.74) is 2.45. The van der Waals surface area contributed by atoms with Gasteiger partial charge in [-0.15, -0.1) is 0 Å². The van der Waals surface area contributed by atoms with Gasteiger partial charge in [-0.1, -0.05) is 36.8 Å². The van der Waals surface area contributed by atoms with Gasteiger partial charge < -0.3 is 10.1 Å². The third kappa shape index (κ3) is 5.56. The van der Waals surface area contributed by atoms with E-state index >= 15 is 0 Å². The largest absolute Gasteiger partial charge is 0.374 e. The number of rotatable bonds is 8. The van der Waals surface area contributed by atoms with E-state index < -0.39 is 13.0 Å². The Labute approximate surface area is 107 Å². The van der Waals surface area contributed by atoms with Crippen molar-refractivity contribution in [3.63, 3.8) is 0 Å². The number of hydrogen-bond donors (Lipinski definition) is 1. The molecule has 0 fully saturated rings. The molecule has 0 amide bonds. The van der Waals surface area contributed by atoms with Crippen LogP contribution in [0.2, 0.25) is 0 Å². The third-order valence-corrected chi connectivity index (χ3v) is 2.77. The second-order valence-corrected chi connectivity index (χ2v) is 4.29. The normalized spacial score (nSPS) is 12.9. The van der Waals surface area contributed by atoms with E-state index in [1.165, 1.54) is 11.1 Å². The molecule has 4 heteroatoms. The molecule has 0 aliphatic rings. The predicted octanol–water partition coefficient (Wildman–Crippen LogP) is 3.32. The van der Waals surface area contributed by atoms with Gasteiger partial charge in [0.05, 0.1) is 6.61 Å². The molecule has 1 N–H and O–H groups in total. The molecule has 1 aromatic rings. The first-order chi connectivity index (χ1) is 8.63. The molecular formula is C14H21F2NO. The van der Waals surface area contributed by atoms with Crippen molar-refractivity contribution in [3.8, 4) is 0 Å². The smallest absolute Gasteiger partial charge is 0.261 e. The Balaban J connectivity index is 2.31. The highest BCUT2D eigenvalue weighted by Gasteiger charge is 2.08. The lowest BCUT2D eigenvalue weighted by atomic mass is 10.0. The average molecular weight is 257 g/mol. The third-order valence-electron chi connectivity index (χ3n) is 2.77. The van der Waals surface area contributed by atoms with Gasteiger partial charge in [-0.25, -0.2) is 8.78 Å². The van der Waals surface area contributed by atoms with E-state index in [1.807, 2.05) is 0 Å². The lowest BCUT2D eigenvalue weighted by Crippen LogP contribution is -2.25. The van der Waals surface area contributed by atoms with Gasteiger partial charge >= 0.3 is 0 Å². The molecule has 0 radical (unpaired) electrons. The molecule has 0 aliphatic heterocycles. The summed E-state index contributed by atoms with van der Waals surface area (Å²) < 4.78 is 28.5. The zero-order chi connectivity index (χ0) is 13.4. The van der Waals surface area contributed by atoms with Crippen LogP contribution in [0.15, 0.2) is 24.3 Å². The van der Waals surface area contributed by atoms with Gasteiger partial charge in [0.2, 0.25) is 0 Å². The maximum atomic E-state index is 11.8. The molecule has 2 nitrogen and oxygen atoms in total. The van der Waals surface area contributed by atoms with Crippen molar-refractivity contribution in [3.05, 3.63) is 35.4 Å². The van der Waals surface area contributed by atoms with Gasteiger partial charge in [0, 0.05) is 12.6 Å². The van der Waals surface area contributed by atoms with Crippen LogP contribution in [0.4, 0.5) is 8.78 Å². The molecule has 1 rings (SSSR count). The number of aryl methyl sites for hydroxylation is 1. The Morgan fingerprint density at radius 3 is 2.44 bits per heavy atom. The number of hydrogen-bond acceptors (Lipinski definition) is 2. The summed E-state index contributed by atoms with van der Waals surface area (Å²) in [5, 5.41) is 3.31. The minimum absolute atomic E-state index is 0.251. The van der Waals surface area contributed by atoms with Gasteiger partial charge in [0.25, 0.3) is 6.43 Å². The van der Waals surface area contributed by atoms with Crippen molar-refractivity contribution in [1.29, 1.82) is 0 Å². The molecule has 1 atom stereocenters. The molecule has 1 aromatic carbocycles. The van der Waals surface area contributed by atoms with Gasteiger partial charge in [0.15, 0.2) is 0 Å². The number of ether oxygens (including phenoxy) is 1. The lowest BCUT2D eigenvalue weighted by molar-refractivity contribution is 0.0181. The van der Waals surface area contributed by atoms with Gasteiger partial charge in [-0.05, 0) is 18.9 Å². The van der Waals surface area contributed by atoms with E-state index in [0.717, 1.165) is 6.42 Å². The maximum Gasteiger partial charge on any atom is 0.261 e. The molecule has 0 aliphatic carbocycles. The van der Waals surface area contributed by atoms with Crippen LogP contribution in [0.1, 0.15) is 30.5 Å². The monoisotopic (exact) mass is 257 g/mol. The Morgan fingerprint density at radius 2 is 1.89 bits per heavy atom. The quantitative estimate of drug-likeness (QED) is 0.721. The van der Waals surface area contributed by atoms with E-state index in [9.17, 15) is 8.78 Å². The molecule has 0 aromatic heterocycles. The SMILES string of the molecule is CCC(NCCOCC(F)F)c1ccc(C)cc1. The highest BCUT2D eigenvalue weighted by Crippen LogP contribution is 2.16. The van der Waals surface area contributed by atoms with E-state index in [2.05, 4.69) is 43.4 Å². The number of alkyl halides is 2. The second kappa shape index (κ2) is 8.16. The Kier molecular flexibility index (Phi) is 6.83. The fourth-order valence-corrected chi connectivity index (χ4v) is 1.77. The first-order valence-corrected chi connectivity index (χ1v) is 6.29. The van der Waals surface area contributed by atoms with E-state index in [0.29, 0.717) is 13.2 Å². The minimum Gasteiger partial charge on any atom is -0.374 e. The fourth-order valence-electron chi connectivity index (χ4n) is 1.77. The van der Waals surface area contributed by atoms with Crippen molar-refractivity contribution in [2.24, 2.45) is 0 Å². The van der Waals surface area contributed by atoms with E-state index in [1.54, 1.807) is 0 Å². The standard InChI is InChI=1S/C14H21F2NO/c1-3-13(12-6-4-11(2)5-7-12)17-8-9-18-10-14(15)16/h4-7,13-14,17H,3,8-10H2,1-2H3. The first kappa shape index (κ1) is 15.1. The summed E-state index contributed by atoms with van der Waals surface area (Å²) >= 11 is 0. The summed E-state index contributed by atoms with van der Waals surface area (Å²) in [6.45, 7) is 4.56. The minimum atomic E-state index is -2.39. The molecule has 0 heterocycles. The Bertz CT molecular complexity index is 327. The van der Waals surface area contributed by atoms with Crippen LogP contribution in [0.5, 0.6) is 0 Å². The van der Waals surface area contributed by atoms with Crippen LogP contribution in [0, 0.1) is 6.92 Å². The van der Waals surface area contributed by atoms with Gasteiger partial charge in [0.1, 0.15) is 6.61 Å². The van der Waals surface area contributed by atoms with Crippen molar-refractivity contribution in [1.82, 2.24) is 5.32 Å². The zero-order valence-electron chi connectivity index (χ0n) is 11.0. The Morgan fingerprint density at radius 1 is 1.22 bits per heavy atom. The van der Waals surface area contributed by atoms with Crippen molar-refractivity contribution >= 4 is 0 Å². The molecule has 102 valence electrons. The maximum absolute atomic E-state index is 11.8. The zero-order valence-corrected chi connectivity index (χ0v) is 11.0. The highest BCUT2D eigenvalue weighted by atomic mass is 19.3. The Hall–Kier alpha value is -1.00. The average Bonchev–Trinajstić information content (AvgIpc) is 2.35. The first-order valence-electron chi connectivity index (χ1n) is 6.29.